The molecule has 1 heterocycles. The summed E-state index contributed by atoms with van der Waals surface area (Å²) in [6.07, 6.45) is 3.06. The molecule has 2 aliphatic rings. The number of fused-ring (bicyclic) bond motifs is 1. The number of aliphatic hydroxyl groups is 2. The highest BCUT2D eigenvalue weighted by Crippen LogP contribution is 2.33. The van der Waals surface area contributed by atoms with E-state index >= 15 is 0 Å². The van der Waals surface area contributed by atoms with Gasteiger partial charge in [0.05, 0.1) is 36.1 Å². The molecule has 4 N–H and O–H groups in total. The fourth-order valence-corrected chi connectivity index (χ4v) is 7.36. The molecule has 42 heavy (non-hydrogen) atoms. The molecule has 0 spiro atoms. The van der Waals surface area contributed by atoms with Crippen molar-refractivity contribution >= 4 is 9.84 Å². The predicted octanol–water partition coefficient (Wildman–Crippen LogP) is 3.82. The second-order valence-corrected chi connectivity index (χ2v) is 13.2. The first-order valence-corrected chi connectivity index (χ1v) is 16.0. The lowest BCUT2D eigenvalue weighted by Gasteiger charge is -2.27. The molecular weight excluding hydrogens is 558 g/mol. The van der Waals surface area contributed by atoms with Crippen molar-refractivity contribution in [1.29, 1.82) is 0 Å². The molecule has 0 bridgehead atoms. The monoisotopic (exact) mass is 597 g/mol. The van der Waals surface area contributed by atoms with Crippen molar-refractivity contribution < 1.29 is 37.9 Å². The summed E-state index contributed by atoms with van der Waals surface area (Å²) in [7, 11) is -3.31. The molecule has 0 amide bonds. The van der Waals surface area contributed by atoms with E-state index in [2.05, 4.69) is 5.32 Å². The van der Waals surface area contributed by atoms with Crippen molar-refractivity contribution in [3.8, 4) is 17.2 Å². The smallest absolute Gasteiger partial charge is 0.181 e. The Labute approximate surface area is 247 Å². The second kappa shape index (κ2) is 13.9. The van der Waals surface area contributed by atoms with Gasteiger partial charge in [-0.05, 0) is 78.9 Å². The summed E-state index contributed by atoms with van der Waals surface area (Å²) in [6, 6.07) is 17.6. The van der Waals surface area contributed by atoms with Gasteiger partial charge in [0.2, 0.25) is 0 Å². The number of rotatable bonds is 13. The lowest BCUT2D eigenvalue weighted by Crippen LogP contribution is -2.33. The molecule has 5 rings (SSSR count). The molecule has 10 heteroatoms. The van der Waals surface area contributed by atoms with E-state index in [9.17, 15) is 23.7 Å². The number of sulfone groups is 1. The lowest BCUT2D eigenvalue weighted by molar-refractivity contribution is 0.00262. The van der Waals surface area contributed by atoms with Crippen LogP contribution < -0.4 is 14.8 Å². The second-order valence-electron chi connectivity index (χ2n) is 11.0. The first-order valence-electron chi connectivity index (χ1n) is 14.5. The molecule has 1 aliphatic carbocycles. The lowest BCUT2D eigenvalue weighted by atomic mass is 10.1. The van der Waals surface area contributed by atoms with Crippen LogP contribution in [0.2, 0.25) is 0 Å². The molecule has 2 atom stereocenters. The number of aromatic hydroxyl groups is 1. The average Bonchev–Trinajstić information content (AvgIpc) is 3.56. The van der Waals surface area contributed by atoms with Crippen LogP contribution in [0.3, 0.4) is 0 Å². The van der Waals surface area contributed by atoms with E-state index in [4.69, 9.17) is 14.2 Å². The fourth-order valence-electron chi connectivity index (χ4n) is 5.44. The van der Waals surface area contributed by atoms with E-state index in [0.29, 0.717) is 60.2 Å². The normalized spacial score (nSPS) is 17.8. The summed E-state index contributed by atoms with van der Waals surface area (Å²) < 4.78 is 43.8. The van der Waals surface area contributed by atoms with E-state index in [1.807, 2.05) is 24.3 Å². The minimum atomic E-state index is -3.31. The van der Waals surface area contributed by atoms with Gasteiger partial charge in [-0.1, -0.05) is 37.1 Å². The molecule has 0 unspecified atom stereocenters. The first-order chi connectivity index (χ1) is 20.3. The highest BCUT2D eigenvalue weighted by Gasteiger charge is 2.30. The zero-order valence-electron chi connectivity index (χ0n) is 23.6. The summed E-state index contributed by atoms with van der Waals surface area (Å²) in [5, 5.41) is 32.4. The molecule has 1 aliphatic heterocycles. The van der Waals surface area contributed by atoms with E-state index in [1.54, 1.807) is 30.3 Å². The molecule has 0 radical (unpaired) electrons. The standard InChI is InChI=1S/C32H39NO8S/c34-18-25-16-24(9-10-29(25)35)30(36)17-33-13-12-22-8-11-31-32(15-22)41-26(21-40-31)20-39-19-23-4-3-7-28(14-23)42(37,38)27-5-1-2-6-27/h3-4,7-11,14-16,26-27,30,33-36H,1-2,5-6,12-13,17-21H2/t26-,30+/m1/s1. The molecule has 1 fully saturated rings. The fraction of sp³-hybridized carbons (Fsp3) is 0.438. The van der Waals surface area contributed by atoms with Crippen LogP contribution in [0, 0.1) is 0 Å². The third kappa shape index (κ3) is 7.43. The van der Waals surface area contributed by atoms with E-state index in [0.717, 1.165) is 36.8 Å². The van der Waals surface area contributed by atoms with Gasteiger partial charge in [0.1, 0.15) is 12.4 Å². The Morgan fingerprint density at radius 3 is 2.64 bits per heavy atom. The SMILES string of the molecule is O=S(=O)(c1cccc(COC[C@@H]2COc3ccc(CCNC[C@H](O)c4ccc(O)c(CO)c4)cc3O2)c1)C1CCCC1. The van der Waals surface area contributed by atoms with Crippen molar-refractivity contribution in [3.63, 3.8) is 0 Å². The molecule has 1 saturated carbocycles. The Morgan fingerprint density at radius 2 is 1.83 bits per heavy atom. The Kier molecular flexibility index (Phi) is 10.0. The molecule has 9 nitrogen and oxygen atoms in total. The summed E-state index contributed by atoms with van der Waals surface area (Å²) in [5.41, 5.74) is 2.86. The van der Waals surface area contributed by atoms with Crippen LogP contribution in [0.25, 0.3) is 0 Å². The number of aliphatic hydroxyl groups excluding tert-OH is 2. The number of hydrogen-bond acceptors (Lipinski definition) is 9. The Hall–Kier alpha value is -3.15. The van der Waals surface area contributed by atoms with Gasteiger partial charge in [0.25, 0.3) is 0 Å². The molecular formula is C32H39NO8S. The van der Waals surface area contributed by atoms with Gasteiger partial charge >= 0.3 is 0 Å². The molecule has 0 saturated heterocycles. The zero-order chi connectivity index (χ0) is 29.5. The van der Waals surface area contributed by atoms with Crippen molar-refractivity contribution in [2.45, 2.75) is 67.7 Å². The quantitative estimate of drug-likeness (QED) is 0.217. The van der Waals surface area contributed by atoms with Crippen LogP contribution in [0.1, 0.15) is 54.0 Å². The van der Waals surface area contributed by atoms with Crippen molar-refractivity contribution in [3.05, 3.63) is 82.9 Å². The third-order valence-electron chi connectivity index (χ3n) is 7.85. The van der Waals surface area contributed by atoms with Crippen molar-refractivity contribution in [1.82, 2.24) is 5.32 Å². The van der Waals surface area contributed by atoms with Gasteiger partial charge < -0.3 is 34.8 Å². The van der Waals surface area contributed by atoms with Crippen molar-refractivity contribution in [2.75, 3.05) is 26.3 Å². The Morgan fingerprint density at radius 1 is 1.00 bits per heavy atom. The van der Waals surface area contributed by atoms with Crippen LogP contribution in [0.15, 0.2) is 65.6 Å². The van der Waals surface area contributed by atoms with Gasteiger partial charge in [-0.2, -0.15) is 0 Å². The van der Waals surface area contributed by atoms with Crippen LogP contribution in [0.5, 0.6) is 17.2 Å². The molecule has 0 aromatic heterocycles. The van der Waals surface area contributed by atoms with E-state index in [1.165, 1.54) is 6.07 Å². The Bertz CT molecular complexity index is 1450. The van der Waals surface area contributed by atoms with Gasteiger partial charge in [-0.25, -0.2) is 8.42 Å². The van der Waals surface area contributed by atoms with E-state index < -0.39 is 15.9 Å². The average molecular weight is 598 g/mol. The van der Waals surface area contributed by atoms with Gasteiger partial charge in [-0.3, -0.25) is 0 Å². The van der Waals surface area contributed by atoms with Gasteiger partial charge in [0.15, 0.2) is 27.4 Å². The number of ether oxygens (including phenoxy) is 3. The summed E-state index contributed by atoms with van der Waals surface area (Å²) in [5.74, 6) is 1.33. The number of benzene rings is 3. The summed E-state index contributed by atoms with van der Waals surface area (Å²) in [6.45, 7) is 1.61. The zero-order valence-corrected chi connectivity index (χ0v) is 24.4. The molecule has 3 aromatic carbocycles. The van der Waals surface area contributed by atoms with Crippen LogP contribution in [-0.4, -0.2) is 61.4 Å². The minimum absolute atomic E-state index is 0.00555. The number of nitrogens with one attached hydrogen (secondary N) is 1. The van der Waals surface area contributed by atoms with Crippen LogP contribution in [-0.2, 0) is 34.2 Å². The summed E-state index contributed by atoms with van der Waals surface area (Å²) in [4.78, 5) is 0.370. The highest BCUT2D eigenvalue weighted by molar-refractivity contribution is 7.92. The topological polar surface area (TPSA) is 135 Å². The minimum Gasteiger partial charge on any atom is -0.508 e. The number of hydrogen-bond donors (Lipinski definition) is 4. The number of phenols is 1. The first kappa shape index (κ1) is 30.3. The van der Waals surface area contributed by atoms with Crippen LogP contribution in [0.4, 0.5) is 0 Å². The maximum absolute atomic E-state index is 12.9. The molecule has 226 valence electrons. The Balaban J connectivity index is 1.07. The molecule has 3 aromatic rings. The predicted molar refractivity (Wildman–Crippen MR) is 157 cm³/mol. The highest BCUT2D eigenvalue weighted by atomic mass is 32.2. The van der Waals surface area contributed by atoms with Crippen molar-refractivity contribution in [2.24, 2.45) is 0 Å². The van der Waals surface area contributed by atoms with Gasteiger partial charge in [-0.15, -0.1) is 0 Å². The maximum atomic E-state index is 12.9. The van der Waals surface area contributed by atoms with Crippen LogP contribution >= 0.6 is 0 Å². The third-order valence-corrected chi connectivity index (χ3v) is 10.1. The maximum Gasteiger partial charge on any atom is 0.181 e. The van der Waals surface area contributed by atoms with E-state index in [-0.39, 0.29) is 30.3 Å². The summed E-state index contributed by atoms with van der Waals surface area (Å²) >= 11 is 0. The largest absolute Gasteiger partial charge is 0.508 e. The van der Waals surface area contributed by atoms with Gasteiger partial charge in [0, 0.05) is 12.1 Å².